The van der Waals surface area contributed by atoms with E-state index in [1.54, 1.807) is 0 Å². The van der Waals surface area contributed by atoms with E-state index >= 15 is 0 Å². The van der Waals surface area contributed by atoms with Crippen LogP contribution in [0.3, 0.4) is 0 Å². The lowest BCUT2D eigenvalue weighted by molar-refractivity contribution is 0.479. The number of ether oxygens (including phenoxy) is 1. The summed E-state index contributed by atoms with van der Waals surface area (Å²) in [4.78, 5) is 3.06. The van der Waals surface area contributed by atoms with Crippen molar-refractivity contribution in [1.82, 2.24) is 4.98 Å². The Hall–Kier alpha value is -1.70. The summed E-state index contributed by atoms with van der Waals surface area (Å²) in [5, 5.41) is 0. The van der Waals surface area contributed by atoms with Crippen molar-refractivity contribution in [2.45, 2.75) is 6.92 Å². The number of hydrogen-bond donors (Lipinski definition) is 1. The molecule has 2 nitrogen and oxygen atoms in total. The molecule has 13 heavy (non-hydrogen) atoms. The fraction of sp³-hybridized carbons (Fsp3) is 0.0909. The van der Waals surface area contributed by atoms with Crippen molar-refractivity contribution in [3.05, 3.63) is 48.3 Å². The second kappa shape index (κ2) is 3.35. The topological polar surface area (TPSA) is 25.0 Å². The molecule has 0 amide bonds. The zero-order valence-corrected chi connectivity index (χ0v) is 7.45. The second-order valence-electron chi connectivity index (χ2n) is 2.88. The highest BCUT2D eigenvalue weighted by Gasteiger charge is 1.99. The molecule has 0 aliphatic rings. The summed E-state index contributed by atoms with van der Waals surface area (Å²) in [5.41, 5.74) is 1.05. The van der Waals surface area contributed by atoms with Gasteiger partial charge in [-0.1, -0.05) is 18.2 Å². The zero-order chi connectivity index (χ0) is 9.10. The van der Waals surface area contributed by atoms with Crippen molar-refractivity contribution in [1.29, 1.82) is 0 Å². The van der Waals surface area contributed by atoms with Gasteiger partial charge >= 0.3 is 0 Å². The monoisotopic (exact) mass is 173 g/mol. The Balaban J connectivity index is 2.20. The summed E-state index contributed by atoms with van der Waals surface area (Å²) >= 11 is 0. The predicted molar refractivity (Wildman–Crippen MR) is 52.0 cm³/mol. The lowest BCUT2D eigenvalue weighted by atomic mass is 10.3. The molecule has 1 aromatic heterocycles. The molecule has 2 rings (SSSR count). The Bertz CT molecular complexity index is 378. The number of aryl methyl sites for hydroxylation is 1. The predicted octanol–water partition coefficient (Wildman–Crippen LogP) is 3.12. The van der Waals surface area contributed by atoms with E-state index in [4.69, 9.17) is 4.74 Å². The molecule has 0 spiro atoms. The van der Waals surface area contributed by atoms with Gasteiger partial charge in [0, 0.05) is 6.20 Å². The van der Waals surface area contributed by atoms with E-state index in [0.717, 1.165) is 17.2 Å². The molecule has 1 heterocycles. The van der Waals surface area contributed by atoms with Gasteiger partial charge in [-0.3, -0.25) is 0 Å². The minimum Gasteiger partial charge on any atom is -0.456 e. The molecule has 0 unspecified atom stereocenters. The Morgan fingerprint density at radius 1 is 1.08 bits per heavy atom. The van der Waals surface area contributed by atoms with E-state index in [-0.39, 0.29) is 0 Å². The average Bonchev–Trinajstić information content (AvgIpc) is 2.54. The lowest BCUT2D eigenvalue weighted by Gasteiger charge is -2.03. The lowest BCUT2D eigenvalue weighted by Crippen LogP contribution is -1.83. The summed E-state index contributed by atoms with van der Waals surface area (Å²) in [6.07, 6.45) is 1.87. The fourth-order valence-corrected chi connectivity index (χ4v) is 1.16. The Kier molecular flexibility index (Phi) is 2.04. The van der Waals surface area contributed by atoms with Crippen molar-refractivity contribution in [3.63, 3.8) is 0 Å². The molecule has 2 heteroatoms. The van der Waals surface area contributed by atoms with Crippen LogP contribution >= 0.6 is 0 Å². The van der Waals surface area contributed by atoms with Crippen LogP contribution < -0.4 is 4.74 Å². The quantitative estimate of drug-likeness (QED) is 0.741. The van der Waals surface area contributed by atoms with E-state index in [1.807, 2.05) is 49.5 Å². The highest BCUT2D eigenvalue weighted by molar-refractivity contribution is 5.33. The first-order valence-electron chi connectivity index (χ1n) is 4.23. The number of hydrogen-bond acceptors (Lipinski definition) is 1. The smallest absolute Gasteiger partial charge is 0.147 e. The third-order valence-corrected chi connectivity index (χ3v) is 1.88. The normalized spacial score (nSPS) is 9.92. The average molecular weight is 173 g/mol. The molecule has 0 atom stereocenters. The minimum atomic E-state index is 0.866. The fourth-order valence-electron chi connectivity index (χ4n) is 1.16. The SMILES string of the molecule is Cc1[nH]ccc1Oc1ccccc1. The summed E-state index contributed by atoms with van der Waals surface area (Å²) in [7, 11) is 0. The van der Waals surface area contributed by atoms with Crippen LogP contribution in [0.4, 0.5) is 0 Å². The first-order valence-corrected chi connectivity index (χ1v) is 4.23. The Morgan fingerprint density at radius 3 is 2.46 bits per heavy atom. The standard InChI is InChI=1S/C11H11NO/c1-9-11(7-8-12-9)13-10-5-3-2-4-6-10/h2-8,12H,1H3. The first-order chi connectivity index (χ1) is 6.36. The van der Waals surface area contributed by atoms with Gasteiger partial charge in [0.05, 0.1) is 5.69 Å². The van der Waals surface area contributed by atoms with Gasteiger partial charge in [0.25, 0.3) is 0 Å². The van der Waals surface area contributed by atoms with E-state index in [9.17, 15) is 0 Å². The van der Waals surface area contributed by atoms with Gasteiger partial charge in [-0.05, 0) is 25.1 Å². The molecule has 1 N–H and O–H groups in total. The van der Waals surface area contributed by atoms with Crippen LogP contribution in [0.1, 0.15) is 5.69 Å². The number of rotatable bonds is 2. The summed E-state index contributed by atoms with van der Waals surface area (Å²) < 4.78 is 5.62. The maximum Gasteiger partial charge on any atom is 0.147 e. The van der Waals surface area contributed by atoms with Gasteiger partial charge in [0.15, 0.2) is 0 Å². The van der Waals surface area contributed by atoms with Crippen molar-refractivity contribution >= 4 is 0 Å². The van der Waals surface area contributed by atoms with Crippen LogP contribution in [0, 0.1) is 6.92 Å². The Morgan fingerprint density at radius 2 is 1.85 bits per heavy atom. The van der Waals surface area contributed by atoms with Crippen LogP contribution in [0.25, 0.3) is 0 Å². The van der Waals surface area contributed by atoms with Crippen LogP contribution in [-0.4, -0.2) is 4.98 Å². The van der Waals surface area contributed by atoms with Gasteiger partial charge in [0.2, 0.25) is 0 Å². The highest BCUT2D eigenvalue weighted by atomic mass is 16.5. The van der Waals surface area contributed by atoms with Crippen molar-refractivity contribution in [2.24, 2.45) is 0 Å². The summed E-state index contributed by atoms with van der Waals surface area (Å²) in [6, 6.07) is 11.7. The van der Waals surface area contributed by atoms with Gasteiger partial charge < -0.3 is 9.72 Å². The molecular formula is C11H11NO. The molecule has 66 valence electrons. The largest absolute Gasteiger partial charge is 0.456 e. The van der Waals surface area contributed by atoms with Gasteiger partial charge in [-0.25, -0.2) is 0 Å². The number of para-hydroxylation sites is 1. The van der Waals surface area contributed by atoms with Crippen molar-refractivity contribution in [3.8, 4) is 11.5 Å². The van der Waals surface area contributed by atoms with Gasteiger partial charge in [0.1, 0.15) is 11.5 Å². The van der Waals surface area contributed by atoms with Crippen LogP contribution in [0.5, 0.6) is 11.5 Å². The maximum atomic E-state index is 5.62. The molecule has 2 aromatic rings. The maximum absolute atomic E-state index is 5.62. The summed E-state index contributed by atoms with van der Waals surface area (Å²) in [6.45, 7) is 1.98. The molecular weight excluding hydrogens is 162 g/mol. The molecule has 0 saturated carbocycles. The third-order valence-electron chi connectivity index (χ3n) is 1.88. The van der Waals surface area contributed by atoms with Crippen molar-refractivity contribution < 1.29 is 4.74 Å². The number of benzene rings is 1. The highest BCUT2D eigenvalue weighted by Crippen LogP contribution is 2.23. The van der Waals surface area contributed by atoms with Crippen LogP contribution in [0.2, 0.25) is 0 Å². The van der Waals surface area contributed by atoms with Crippen LogP contribution in [0.15, 0.2) is 42.6 Å². The van der Waals surface area contributed by atoms with E-state index in [1.165, 1.54) is 0 Å². The van der Waals surface area contributed by atoms with Gasteiger partial charge in [-0.15, -0.1) is 0 Å². The summed E-state index contributed by atoms with van der Waals surface area (Å²) in [5.74, 6) is 1.75. The van der Waals surface area contributed by atoms with E-state index < -0.39 is 0 Å². The molecule has 1 aromatic carbocycles. The third kappa shape index (κ3) is 1.72. The zero-order valence-electron chi connectivity index (χ0n) is 7.45. The number of aromatic amines is 1. The molecule has 0 saturated heterocycles. The first kappa shape index (κ1) is 7.92. The van der Waals surface area contributed by atoms with E-state index in [2.05, 4.69) is 4.98 Å². The number of H-pyrrole nitrogens is 1. The van der Waals surface area contributed by atoms with Gasteiger partial charge in [-0.2, -0.15) is 0 Å². The molecule has 0 radical (unpaired) electrons. The number of aromatic nitrogens is 1. The molecule has 0 bridgehead atoms. The van der Waals surface area contributed by atoms with Crippen LogP contribution in [-0.2, 0) is 0 Å². The number of nitrogens with one attached hydrogen (secondary N) is 1. The minimum absolute atomic E-state index is 0.866. The molecule has 0 aliphatic carbocycles. The Labute approximate surface area is 77.2 Å². The molecule has 0 aliphatic heterocycles. The van der Waals surface area contributed by atoms with E-state index in [0.29, 0.717) is 0 Å². The second-order valence-corrected chi connectivity index (χ2v) is 2.88. The molecule has 0 fully saturated rings. The van der Waals surface area contributed by atoms with Crippen molar-refractivity contribution in [2.75, 3.05) is 0 Å².